The van der Waals surface area contributed by atoms with E-state index in [4.69, 9.17) is 0 Å². The zero-order valence-corrected chi connectivity index (χ0v) is 9.91. The van der Waals surface area contributed by atoms with Crippen molar-refractivity contribution >= 4 is 17.5 Å². The van der Waals surface area contributed by atoms with E-state index in [0.29, 0.717) is 22.4 Å². The van der Waals surface area contributed by atoms with Gasteiger partial charge in [0.1, 0.15) is 5.78 Å². The zero-order valence-electron chi connectivity index (χ0n) is 9.09. The van der Waals surface area contributed by atoms with Crippen molar-refractivity contribution in [2.45, 2.75) is 45.3 Å². The van der Waals surface area contributed by atoms with E-state index in [2.05, 4.69) is 27.0 Å². The first-order chi connectivity index (χ1) is 5.95. The van der Waals surface area contributed by atoms with Crippen LogP contribution >= 0.6 is 11.8 Å². The first-order valence-corrected chi connectivity index (χ1v) is 6.28. The summed E-state index contributed by atoms with van der Waals surface area (Å²) in [5.74, 6) is 1.17. The van der Waals surface area contributed by atoms with Gasteiger partial charge in [0.25, 0.3) is 0 Å². The van der Waals surface area contributed by atoms with Crippen molar-refractivity contribution in [3.63, 3.8) is 0 Å². The zero-order chi connectivity index (χ0) is 10.1. The molecule has 0 saturated heterocycles. The molecule has 0 aromatic heterocycles. The molecule has 1 aliphatic rings. The van der Waals surface area contributed by atoms with Crippen LogP contribution in [0.15, 0.2) is 0 Å². The summed E-state index contributed by atoms with van der Waals surface area (Å²) in [4.78, 5) is 11.3. The molecule has 0 aromatic carbocycles. The van der Waals surface area contributed by atoms with E-state index in [-0.39, 0.29) is 0 Å². The van der Waals surface area contributed by atoms with Crippen LogP contribution in [0.25, 0.3) is 0 Å². The number of Topliss-reactive ketones (excluding diaryl/α,β-unsaturated/α-hetero) is 1. The third-order valence-electron chi connectivity index (χ3n) is 3.03. The number of thioether (sulfide) groups is 1. The third-order valence-corrected chi connectivity index (χ3v) is 4.13. The van der Waals surface area contributed by atoms with Crippen LogP contribution in [0, 0.1) is 11.3 Å². The van der Waals surface area contributed by atoms with Gasteiger partial charge in [0, 0.05) is 18.1 Å². The van der Waals surface area contributed by atoms with E-state index in [1.165, 1.54) is 0 Å². The largest absolute Gasteiger partial charge is 0.300 e. The van der Waals surface area contributed by atoms with Crippen LogP contribution < -0.4 is 0 Å². The second kappa shape index (κ2) is 4.04. The Balaban J connectivity index is 2.68. The van der Waals surface area contributed by atoms with Gasteiger partial charge in [-0.2, -0.15) is 11.8 Å². The minimum atomic E-state index is 0.356. The van der Waals surface area contributed by atoms with Gasteiger partial charge < -0.3 is 0 Å². The average molecular weight is 200 g/mol. The van der Waals surface area contributed by atoms with Gasteiger partial charge >= 0.3 is 0 Å². The van der Waals surface area contributed by atoms with Gasteiger partial charge in [-0.3, -0.25) is 4.79 Å². The quantitative estimate of drug-likeness (QED) is 0.647. The number of hydrogen-bond acceptors (Lipinski definition) is 2. The number of carbonyl (C=O) groups is 1. The van der Waals surface area contributed by atoms with Crippen LogP contribution in [0.1, 0.15) is 40.0 Å². The molecular formula is C11H20OS. The predicted octanol–water partition coefficient (Wildman–Crippen LogP) is 3.13. The molecule has 0 N–H and O–H groups in total. The molecule has 0 radical (unpaired) electrons. The molecule has 2 atom stereocenters. The van der Waals surface area contributed by atoms with Crippen molar-refractivity contribution in [1.29, 1.82) is 0 Å². The van der Waals surface area contributed by atoms with Gasteiger partial charge in [-0.15, -0.1) is 0 Å². The van der Waals surface area contributed by atoms with E-state index >= 15 is 0 Å². The molecule has 0 bridgehead atoms. The Morgan fingerprint density at radius 3 is 2.46 bits per heavy atom. The van der Waals surface area contributed by atoms with Crippen LogP contribution in [-0.2, 0) is 4.79 Å². The molecule has 2 heteroatoms. The van der Waals surface area contributed by atoms with Gasteiger partial charge in [-0.05, 0) is 24.0 Å². The minimum Gasteiger partial charge on any atom is -0.300 e. The molecule has 0 aliphatic heterocycles. The molecule has 2 unspecified atom stereocenters. The summed E-state index contributed by atoms with van der Waals surface area (Å²) in [5.41, 5.74) is 0.356. The first-order valence-electron chi connectivity index (χ1n) is 4.99. The van der Waals surface area contributed by atoms with E-state index in [1.807, 2.05) is 11.8 Å². The van der Waals surface area contributed by atoms with Gasteiger partial charge in [0.2, 0.25) is 0 Å². The van der Waals surface area contributed by atoms with Crippen molar-refractivity contribution in [2.24, 2.45) is 11.3 Å². The van der Waals surface area contributed by atoms with E-state index in [1.54, 1.807) is 0 Å². The fourth-order valence-corrected chi connectivity index (χ4v) is 3.43. The fourth-order valence-electron chi connectivity index (χ4n) is 2.21. The van der Waals surface area contributed by atoms with Crippen molar-refractivity contribution in [2.75, 3.05) is 6.26 Å². The van der Waals surface area contributed by atoms with Gasteiger partial charge in [0.05, 0.1) is 0 Å². The van der Waals surface area contributed by atoms with Crippen LogP contribution in [-0.4, -0.2) is 17.3 Å². The molecule has 1 aliphatic carbocycles. The Morgan fingerprint density at radius 1 is 1.38 bits per heavy atom. The SMILES string of the molecule is CSC1CC(=O)CCC1C(C)(C)C. The lowest BCUT2D eigenvalue weighted by atomic mass is 9.72. The Bertz CT molecular complexity index is 193. The number of carbonyl (C=O) groups excluding carboxylic acids is 1. The van der Waals surface area contributed by atoms with E-state index < -0.39 is 0 Å². The summed E-state index contributed by atoms with van der Waals surface area (Å²) in [6, 6.07) is 0. The molecule has 76 valence electrons. The highest BCUT2D eigenvalue weighted by Crippen LogP contribution is 2.41. The molecule has 1 fully saturated rings. The fraction of sp³-hybridized carbons (Fsp3) is 0.909. The molecule has 1 nitrogen and oxygen atoms in total. The smallest absolute Gasteiger partial charge is 0.134 e. The summed E-state index contributed by atoms with van der Waals surface area (Å²) in [6.45, 7) is 6.87. The van der Waals surface area contributed by atoms with Crippen LogP contribution in [0.5, 0.6) is 0 Å². The molecular weight excluding hydrogens is 180 g/mol. The van der Waals surface area contributed by atoms with Crippen molar-refractivity contribution in [3.8, 4) is 0 Å². The number of ketones is 1. The monoisotopic (exact) mass is 200 g/mol. The third kappa shape index (κ3) is 2.73. The highest BCUT2D eigenvalue weighted by molar-refractivity contribution is 7.99. The second-order valence-electron chi connectivity index (χ2n) is 5.03. The van der Waals surface area contributed by atoms with Gasteiger partial charge in [0.15, 0.2) is 0 Å². The van der Waals surface area contributed by atoms with Crippen molar-refractivity contribution in [3.05, 3.63) is 0 Å². The lowest BCUT2D eigenvalue weighted by molar-refractivity contribution is -0.121. The van der Waals surface area contributed by atoms with Gasteiger partial charge in [-0.25, -0.2) is 0 Å². The van der Waals surface area contributed by atoms with Crippen molar-refractivity contribution < 1.29 is 4.79 Å². The average Bonchev–Trinajstić information content (AvgIpc) is 2.01. The summed E-state index contributed by atoms with van der Waals surface area (Å²) in [6.07, 6.45) is 4.82. The molecule has 1 saturated carbocycles. The van der Waals surface area contributed by atoms with Crippen LogP contribution in [0.3, 0.4) is 0 Å². The molecule has 0 spiro atoms. The normalized spacial score (nSPS) is 30.6. The Morgan fingerprint density at radius 2 is 2.00 bits per heavy atom. The van der Waals surface area contributed by atoms with E-state index in [0.717, 1.165) is 19.3 Å². The molecule has 13 heavy (non-hydrogen) atoms. The van der Waals surface area contributed by atoms with Crippen molar-refractivity contribution in [1.82, 2.24) is 0 Å². The number of rotatable bonds is 1. The summed E-state index contributed by atoms with van der Waals surface area (Å²) in [5, 5.41) is 0.557. The standard InChI is InChI=1S/C11H20OS/c1-11(2,3)9-6-5-8(12)7-10(9)13-4/h9-10H,5-7H2,1-4H3. The highest BCUT2D eigenvalue weighted by Gasteiger charge is 2.36. The lowest BCUT2D eigenvalue weighted by Crippen LogP contribution is -2.35. The maximum absolute atomic E-state index is 11.3. The Hall–Kier alpha value is 0.0200. The summed E-state index contributed by atoms with van der Waals surface area (Å²) >= 11 is 1.86. The second-order valence-corrected chi connectivity index (χ2v) is 6.11. The topological polar surface area (TPSA) is 17.1 Å². The Kier molecular flexibility index (Phi) is 3.44. The molecule has 0 aromatic rings. The molecule has 0 amide bonds. The van der Waals surface area contributed by atoms with Crippen LogP contribution in [0.2, 0.25) is 0 Å². The van der Waals surface area contributed by atoms with Crippen LogP contribution in [0.4, 0.5) is 0 Å². The minimum absolute atomic E-state index is 0.356. The molecule has 0 heterocycles. The molecule has 1 rings (SSSR count). The highest BCUT2D eigenvalue weighted by atomic mass is 32.2. The maximum atomic E-state index is 11.3. The number of hydrogen-bond donors (Lipinski definition) is 0. The predicted molar refractivity (Wildman–Crippen MR) is 59.1 cm³/mol. The first kappa shape index (κ1) is 11.1. The lowest BCUT2D eigenvalue weighted by Gasteiger charge is -2.39. The van der Waals surface area contributed by atoms with Gasteiger partial charge in [-0.1, -0.05) is 20.8 Å². The maximum Gasteiger partial charge on any atom is 0.134 e. The summed E-state index contributed by atoms with van der Waals surface area (Å²) in [7, 11) is 0. The van der Waals surface area contributed by atoms with E-state index in [9.17, 15) is 4.79 Å². The summed E-state index contributed by atoms with van der Waals surface area (Å²) < 4.78 is 0. The Labute approximate surface area is 85.7 Å².